The summed E-state index contributed by atoms with van der Waals surface area (Å²) in [6.07, 6.45) is 1.78. The molecule has 1 saturated heterocycles. The molecule has 2 aromatic rings. The number of carbonyl (C=O) groups is 2. The molecule has 7 heteroatoms. The van der Waals surface area contributed by atoms with Gasteiger partial charge in [-0.2, -0.15) is 0 Å². The molecule has 0 saturated carbocycles. The van der Waals surface area contributed by atoms with Crippen LogP contribution in [0.1, 0.15) is 43.8 Å². The van der Waals surface area contributed by atoms with Crippen molar-refractivity contribution in [3.63, 3.8) is 0 Å². The highest BCUT2D eigenvalue weighted by atomic mass is 32.1. The molecular formula is C19H21NO5S. The van der Waals surface area contributed by atoms with Gasteiger partial charge in [-0.15, -0.1) is 11.3 Å². The van der Waals surface area contributed by atoms with Crippen LogP contribution in [-0.2, 0) is 4.74 Å². The van der Waals surface area contributed by atoms with Gasteiger partial charge in [0, 0.05) is 18.2 Å². The second-order valence-electron chi connectivity index (χ2n) is 5.92. The standard InChI is InChI=1S/C19H21NO5S/c1-23-12-6-7-13(15(11-12)24-2)14-5-4-10-20(14)18(21)16-8-9-17(26-16)19(22)25-3/h6-9,11,14H,4-5,10H2,1-3H3/t14-/m0/s1. The van der Waals surface area contributed by atoms with E-state index in [2.05, 4.69) is 0 Å². The van der Waals surface area contributed by atoms with E-state index in [9.17, 15) is 9.59 Å². The molecule has 2 heterocycles. The zero-order valence-electron chi connectivity index (χ0n) is 15.0. The quantitative estimate of drug-likeness (QED) is 0.748. The van der Waals surface area contributed by atoms with E-state index in [-0.39, 0.29) is 11.9 Å². The molecule has 1 fully saturated rings. The number of amides is 1. The van der Waals surface area contributed by atoms with Gasteiger partial charge in [0.1, 0.15) is 16.4 Å². The Morgan fingerprint density at radius 2 is 1.85 bits per heavy atom. The highest BCUT2D eigenvalue weighted by Crippen LogP contribution is 2.39. The van der Waals surface area contributed by atoms with Crippen molar-refractivity contribution in [1.82, 2.24) is 4.90 Å². The van der Waals surface area contributed by atoms with Crippen LogP contribution in [0.2, 0.25) is 0 Å². The van der Waals surface area contributed by atoms with Crippen molar-refractivity contribution in [2.24, 2.45) is 0 Å². The number of thiophene rings is 1. The van der Waals surface area contributed by atoms with E-state index in [1.54, 1.807) is 26.4 Å². The number of ether oxygens (including phenoxy) is 3. The van der Waals surface area contributed by atoms with Gasteiger partial charge < -0.3 is 19.1 Å². The van der Waals surface area contributed by atoms with Crippen LogP contribution in [0.15, 0.2) is 30.3 Å². The number of hydrogen-bond acceptors (Lipinski definition) is 6. The molecule has 1 amide bonds. The van der Waals surface area contributed by atoms with E-state index in [0.717, 1.165) is 29.7 Å². The average Bonchev–Trinajstić information content (AvgIpc) is 3.35. The van der Waals surface area contributed by atoms with E-state index in [4.69, 9.17) is 14.2 Å². The maximum absolute atomic E-state index is 13.0. The molecule has 0 aliphatic carbocycles. The largest absolute Gasteiger partial charge is 0.497 e. The van der Waals surface area contributed by atoms with Crippen LogP contribution in [-0.4, -0.2) is 44.7 Å². The Morgan fingerprint density at radius 3 is 2.54 bits per heavy atom. The van der Waals surface area contributed by atoms with Crippen LogP contribution in [0.25, 0.3) is 0 Å². The lowest BCUT2D eigenvalue weighted by Crippen LogP contribution is -2.30. The Kier molecular flexibility index (Phi) is 5.46. The van der Waals surface area contributed by atoms with Gasteiger partial charge in [-0.1, -0.05) is 0 Å². The molecular weight excluding hydrogens is 354 g/mol. The summed E-state index contributed by atoms with van der Waals surface area (Å²) in [5.41, 5.74) is 0.962. The van der Waals surface area contributed by atoms with Crippen molar-refractivity contribution in [2.45, 2.75) is 18.9 Å². The number of carbonyl (C=O) groups excluding carboxylic acids is 2. The summed E-state index contributed by atoms with van der Waals surface area (Å²) in [6, 6.07) is 8.90. The molecule has 138 valence electrons. The van der Waals surface area contributed by atoms with Crippen molar-refractivity contribution in [2.75, 3.05) is 27.9 Å². The summed E-state index contributed by atoms with van der Waals surface area (Å²) in [6.45, 7) is 0.671. The molecule has 0 unspecified atom stereocenters. The third kappa shape index (κ3) is 3.39. The molecule has 1 aromatic heterocycles. The first-order chi connectivity index (χ1) is 12.6. The van der Waals surface area contributed by atoms with Gasteiger partial charge >= 0.3 is 5.97 Å². The molecule has 6 nitrogen and oxygen atoms in total. The van der Waals surface area contributed by atoms with Crippen molar-refractivity contribution < 1.29 is 23.8 Å². The minimum Gasteiger partial charge on any atom is -0.497 e. The first-order valence-electron chi connectivity index (χ1n) is 8.30. The Bertz CT molecular complexity index is 816. The molecule has 0 radical (unpaired) electrons. The van der Waals surface area contributed by atoms with Gasteiger partial charge in [-0.25, -0.2) is 4.79 Å². The average molecular weight is 375 g/mol. The fourth-order valence-corrected chi connectivity index (χ4v) is 4.11. The number of rotatable bonds is 5. The Morgan fingerprint density at radius 1 is 1.08 bits per heavy atom. The number of likely N-dealkylation sites (tertiary alicyclic amines) is 1. The second-order valence-corrected chi connectivity index (χ2v) is 7.00. The van der Waals surface area contributed by atoms with Gasteiger partial charge in [-0.3, -0.25) is 4.79 Å². The minimum atomic E-state index is -0.427. The Hall–Kier alpha value is -2.54. The minimum absolute atomic E-state index is 0.0629. The van der Waals surface area contributed by atoms with Crippen LogP contribution < -0.4 is 9.47 Å². The van der Waals surface area contributed by atoms with Crippen molar-refractivity contribution in [1.29, 1.82) is 0 Å². The van der Waals surface area contributed by atoms with Crippen LogP contribution in [0.4, 0.5) is 0 Å². The molecule has 0 spiro atoms. The molecule has 1 aliphatic heterocycles. The molecule has 26 heavy (non-hydrogen) atoms. The van der Waals surface area contributed by atoms with Gasteiger partial charge in [0.05, 0.1) is 32.2 Å². The number of benzene rings is 1. The predicted molar refractivity (Wildman–Crippen MR) is 98.2 cm³/mol. The summed E-state index contributed by atoms with van der Waals surface area (Å²) in [7, 11) is 4.55. The summed E-state index contributed by atoms with van der Waals surface area (Å²) >= 11 is 1.16. The van der Waals surface area contributed by atoms with E-state index in [1.807, 2.05) is 23.1 Å². The Labute approximate surface area is 156 Å². The summed E-state index contributed by atoms with van der Waals surface area (Å²) in [5, 5.41) is 0. The van der Waals surface area contributed by atoms with E-state index in [1.165, 1.54) is 7.11 Å². The molecule has 1 atom stereocenters. The molecule has 0 bridgehead atoms. The number of hydrogen-bond donors (Lipinski definition) is 0. The maximum Gasteiger partial charge on any atom is 0.348 e. The molecule has 1 aromatic carbocycles. The zero-order chi connectivity index (χ0) is 18.7. The van der Waals surface area contributed by atoms with Gasteiger partial charge in [0.25, 0.3) is 5.91 Å². The topological polar surface area (TPSA) is 65.1 Å². The van der Waals surface area contributed by atoms with Crippen molar-refractivity contribution in [3.8, 4) is 11.5 Å². The van der Waals surface area contributed by atoms with Crippen molar-refractivity contribution >= 4 is 23.2 Å². The fraction of sp³-hybridized carbons (Fsp3) is 0.368. The van der Waals surface area contributed by atoms with E-state index >= 15 is 0 Å². The number of methoxy groups -OCH3 is 3. The lowest BCUT2D eigenvalue weighted by molar-refractivity contribution is 0.0606. The van der Waals surface area contributed by atoms with Crippen LogP contribution in [0, 0.1) is 0 Å². The molecule has 3 rings (SSSR count). The van der Waals surface area contributed by atoms with E-state index < -0.39 is 5.97 Å². The zero-order valence-corrected chi connectivity index (χ0v) is 15.8. The van der Waals surface area contributed by atoms with Gasteiger partial charge in [0.2, 0.25) is 0 Å². The summed E-state index contributed by atoms with van der Waals surface area (Å²) < 4.78 is 15.5. The molecule has 0 N–H and O–H groups in total. The number of esters is 1. The maximum atomic E-state index is 13.0. The highest BCUT2D eigenvalue weighted by Gasteiger charge is 2.33. The lowest BCUT2D eigenvalue weighted by Gasteiger charge is -2.26. The number of nitrogens with zero attached hydrogens (tertiary/aromatic N) is 1. The third-order valence-corrected chi connectivity index (χ3v) is 5.57. The monoisotopic (exact) mass is 375 g/mol. The third-order valence-electron chi connectivity index (χ3n) is 4.52. The highest BCUT2D eigenvalue weighted by molar-refractivity contribution is 7.15. The fourth-order valence-electron chi connectivity index (χ4n) is 3.23. The lowest BCUT2D eigenvalue weighted by atomic mass is 10.0. The first-order valence-corrected chi connectivity index (χ1v) is 9.11. The normalized spacial score (nSPS) is 16.4. The Balaban J connectivity index is 1.87. The molecule has 1 aliphatic rings. The SMILES string of the molecule is COC(=O)c1ccc(C(=O)N2CCC[C@H]2c2ccc(OC)cc2OC)s1. The predicted octanol–water partition coefficient (Wildman–Crippen LogP) is 3.53. The van der Waals surface area contributed by atoms with Crippen LogP contribution in [0.3, 0.4) is 0 Å². The summed E-state index contributed by atoms with van der Waals surface area (Å²) in [5.74, 6) is 0.910. The van der Waals surface area contributed by atoms with Crippen molar-refractivity contribution in [3.05, 3.63) is 45.6 Å². The smallest absolute Gasteiger partial charge is 0.348 e. The van der Waals surface area contributed by atoms with E-state index in [0.29, 0.717) is 27.8 Å². The second kappa shape index (κ2) is 7.78. The first kappa shape index (κ1) is 18.3. The van der Waals surface area contributed by atoms with Crippen LogP contribution in [0.5, 0.6) is 11.5 Å². The van der Waals surface area contributed by atoms with Gasteiger partial charge in [0.15, 0.2) is 0 Å². The van der Waals surface area contributed by atoms with Crippen LogP contribution >= 0.6 is 11.3 Å². The summed E-state index contributed by atoms with van der Waals surface area (Å²) in [4.78, 5) is 27.4. The van der Waals surface area contributed by atoms with Gasteiger partial charge in [-0.05, 0) is 37.1 Å².